The summed E-state index contributed by atoms with van der Waals surface area (Å²) in [5, 5.41) is 0. The molecule has 0 radical (unpaired) electrons. The average molecular weight is 408 g/mol. The molecule has 0 aliphatic carbocycles. The summed E-state index contributed by atoms with van der Waals surface area (Å²) >= 11 is 4.40. The van der Waals surface area contributed by atoms with Crippen LogP contribution >= 0.6 is 45.2 Å². The van der Waals surface area contributed by atoms with Crippen LogP contribution in [-0.4, -0.2) is 9.97 Å². The third-order valence-corrected chi connectivity index (χ3v) is 2.80. The molecule has 0 aliphatic heterocycles. The second-order valence-corrected chi connectivity index (χ2v) is 4.91. The molecule has 2 rings (SSSR count). The smallest absolute Gasteiger partial charge is 0.161 e. The van der Waals surface area contributed by atoms with Gasteiger partial charge in [-0.15, -0.1) is 0 Å². The topological polar surface area (TPSA) is 25.8 Å². The highest BCUT2D eigenvalue weighted by Gasteiger charge is 2.02. The fourth-order valence-corrected chi connectivity index (χ4v) is 2.75. The molecule has 1 aromatic heterocycles. The van der Waals surface area contributed by atoms with Crippen molar-refractivity contribution in [2.75, 3.05) is 0 Å². The van der Waals surface area contributed by atoms with Crippen LogP contribution < -0.4 is 0 Å². The van der Waals surface area contributed by atoms with Gasteiger partial charge in [0.15, 0.2) is 5.82 Å². The minimum absolute atomic E-state index is 0.793. The van der Waals surface area contributed by atoms with Crippen molar-refractivity contribution < 1.29 is 0 Å². The molecular weight excluding hydrogens is 402 g/mol. The Labute approximate surface area is 109 Å². The monoisotopic (exact) mass is 408 g/mol. The molecule has 2 nitrogen and oxygen atoms in total. The van der Waals surface area contributed by atoms with E-state index in [9.17, 15) is 0 Å². The molecule has 70 valence electrons. The maximum absolute atomic E-state index is 4.38. The van der Waals surface area contributed by atoms with Gasteiger partial charge in [0, 0.05) is 11.6 Å². The summed E-state index contributed by atoms with van der Waals surface area (Å²) in [5.74, 6) is 0.793. The van der Waals surface area contributed by atoms with Gasteiger partial charge in [0.05, 0.1) is 0 Å². The molecule has 14 heavy (non-hydrogen) atoms. The molecule has 1 heterocycles. The van der Waals surface area contributed by atoms with E-state index in [1.54, 1.807) is 0 Å². The standard InChI is InChI=1S/C10H6I2N2/c11-8-6-9(12)14-10(13-8)7-4-2-1-3-5-7/h1-6H. The van der Waals surface area contributed by atoms with Gasteiger partial charge < -0.3 is 0 Å². The normalized spacial score (nSPS) is 10.1. The van der Waals surface area contributed by atoms with Crippen molar-refractivity contribution in [3.8, 4) is 11.4 Å². The summed E-state index contributed by atoms with van der Waals surface area (Å²) in [6, 6.07) is 12.0. The van der Waals surface area contributed by atoms with E-state index in [0.717, 1.165) is 18.8 Å². The Morgan fingerprint density at radius 1 is 0.857 bits per heavy atom. The predicted octanol–water partition coefficient (Wildman–Crippen LogP) is 3.35. The minimum Gasteiger partial charge on any atom is -0.222 e. The van der Waals surface area contributed by atoms with Crippen LogP contribution in [0.15, 0.2) is 36.4 Å². The third-order valence-electron chi connectivity index (χ3n) is 1.70. The van der Waals surface area contributed by atoms with Crippen molar-refractivity contribution in [2.45, 2.75) is 0 Å². The van der Waals surface area contributed by atoms with Crippen molar-refractivity contribution in [1.29, 1.82) is 0 Å². The molecule has 0 N–H and O–H groups in total. The highest BCUT2D eigenvalue weighted by molar-refractivity contribution is 14.1. The Balaban J connectivity index is 2.52. The minimum atomic E-state index is 0.793. The van der Waals surface area contributed by atoms with Gasteiger partial charge in [-0.25, -0.2) is 9.97 Å². The zero-order chi connectivity index (χ0) is 9.97. The summed E-state index contributed by atoms with van der Waals surface area (Å²) in [4.78, 5) is 8.75. The summed E-state index contributed by atoms with van der Waals surface area (Å²) in [5.41, 5.74) is 1.06. The number of hydrogen-bond acceptors (Lipinski definition) is 2. The second-order valence-electron chi connectivity index (χ2n) is 2.70. The first-order chi connectivity index (χ1) is 6.75. The number of hydrogen-bond donors (Lipinski definition) is 0. The number of rotatable bonds is 1. The first-order valence-electron chi connectivity index (χ1n) is 4.01. The van der Waals surface area contributed by atoms with Gasteiger partial charge in [-0.2, -0.15) is 0 Å². The fourth-order valence-electron chi connectivity index (χ4n) is 1.11. The average Bonchev–Trinajstić information content (AvgIpc) is 2.18. The highest BCUT2D eigenvalue weighted by Crippen LogP contribution is 2.16. The van der Waals surface area contributed by atoms with Gasteiger partial charge in [0.1, 0.15) is 7.40 Å². The number of halogens is 2. The summed E-state index contributed by atoms with van der Waals surface area (Å²) in [7, 11) is 0. The highest BCUT2D eigenvalue weighted by atomic mass is 127. The molecule has 0 amide bonds. The maximum atomic E-state index is 4.38. The Hall–Kier alpha value is -0.240. The Kier molecular flexibility index (Phi) is 3.32. The Bertz CT molecular complexity index is 423. The van der Waals surface area contributed by atoms with Gasteiger partial charge >= 0.3 is 0 Å². The van der Waals surface area contributed by atoms with Crippen molar-refractivity contribution >= 4 is 45.2 Å². The fraction of sp³-hybridized carbons (Fsp3) is 0. The molecule has 0 fully saturated rings. The lowest BCUT2D eigenvalue weighted by atomic mass is 10.2. The molecule has 0 saturated carbocycles. The van der Waals surface area contributed by atoms with Crippen LogP contribution in [0, 0.1) is 7.40 Å². The van der Waals surface area contributed by atoms with Crippen LogP contribution in [0.4, 0.5) is 0 Å². The lowest BCUT2D eigenvalue weighted by Crippen LogP contribution is -1.93. The first-order valence-corrected chi connectivity index (χ1v) is 6.17. The zero-order valence-electron chi connectivity index (χ0n) is 7.11. The van der Waals surface area contributed by atoms with Crippen molar-refractivity contribution in [3.05, 3.63) is 43.8 Å². The van der Waals surface area contributed by atoms with E-state index in [4.69, 9.17) is 0 Å². The zero-order valence-corrected chi connectivity index (χ0v) is 11.4. The molecule has 0 spiro atoms. The van der Waals surface area contributed by atoms with Crippen LogP contribution in [-0.2, 0) is 0 Å². The Morgan fingerprint density at radius 3 is 2.00 bits per heavy atom. The summed E-state index contributed by atoms with van der Waals surface area (Å²) in [6.45, 7) is 0. The molecule has 0 saturated heterocycles. The van der Waals surface area contributed by atoms with Crippen LogP contribution in [0.1, 0.15) is 0 Å². The molecule has 1 aromatic carbocycles. The molecule has 0 aliphatic rings. The van der Waals surface area contributed by atoms with E-state index in [-0.39, 0.29) is 0 Å². The van der Waals surface area contributed by atoms with Crippen LogP contribution in [0.2, 0.25) is 0 Å². The van der Waals surface area contributed by atoms with Gasteiger partial charge in [-0.3, -0.25) is 0 Å². The van der Waals surface area contributed by atoms with E-state index in [1.165, 1.54) is 0 Å². The van der Waals surface area contributed by atoms with E-state index < -0.39 is 0 Å². The van der Waals surface area contributed by atoms with Crippen molar-refractivity contribution in [2.24, 2.45) is 0 Å². The SMILES string of the molecule is Ic1cc(I)nc(-c2ccccc2)n1. The summed E-state index contributed by atoms with van der Waals surface area (Å²) < 4.78 is 1.95. The van der Waals surface area contributed by atoms with Gasteiger partial charge in [-0.05, 0) is 45.2 Å². The van der Waals surface area contributed by atoms with E-state index in [1.807, 2.05) is 36.4 Å². The molecule has 4 heteroatoms. The second kappa shape index (κ2) is 4.52. The first kappa shape index (κ1) is 10.3. The number of aromatic nitrogens is 2. The lowest BCUT2D eigenvalue weighted by molar-refractivity contribution is 1.12. The van der Waals surface area contributed by atoms with Crippen LogP contribution in [0.3, 0.4) is 0 Å². The molecular formula is C10H6I2N2. The summed E-state index contributed by atoms with van der Waals surface area (Å²) in [6.07, 6.45) is 0. The Morgan fingerprint density at radius 2 is 1.43 bits per heavy atom. The van der Waals surface area contributed by atoms with E-state index >= 15 is 0 Å². The molecule has 2 aromatic rings. The van der Waals surface area contributed by atoms with Gasteiger partial charge in [-0.1, -0.05) is 30.3 Å². The van der Waals surface area contributed by atoms with Crippen molar-refractivity contribution in [3.63, 3.8) is 0 Å². The molecule has 0 atom stereocenters. The van der Waals surface area contributed by atoms with Crippen molar-refractivity contribution in [1.82, 2.24) is 9.97 Å². The molecule has 0 bridgehead atoms. The van der Waals surface area contributed by atoms with Gasteiger partial charge in [0.25, 0.3) is 0 Å². The van der Waals surface area contributed by atoms with Gasteiger partial charge in [0.2, 0.25) is 0 Å². The van der Waals surface area contributed by atoms with E-state index in [2.05, 4.69) is 55.1 Å². The number of benzene rings is 1. The third kappa shape index (κ3) is 2.41. The molecule has 0 unspecified atom stereocenters. The lowest BCUT2D eigenvalue weighted by Gasteiger charge is -2.00. The largest absolute Gasteiger partial charge is 0.222 e. The quantitative estimate of drug-likeness (QED) is 0.535. The number of nitrogens with zero attached hydrogens (tertiary/aromatic N) is 2. The maximum Gasteiger partial charge on any atom is 0.161 e. The van der Waals surface area contributed by atoms with Crippen LogP contribution in [0.25, 0.3) is 11.4 Å². The van der Waals surface area contributed by atoms with E-state index in [0.29, 0.717) is 0 Å². The predicted molar refractivity (Wildman–Crippen MR) is 72.9 cm³/mol. The van der Waals surface area contributed by atoms with Crippen LogP contribution in [0.5, 0.6) is 0 Å².